The van der Waals surface area contributed by atoms with E-state index in [1.807, 2.05) is 49.5 Å². The molecule has 2 aromatic heterocycles. The number of anilines is 1. The molecule has 1 aromatic carbocycles. The number of nitrogens with zero attached hydrogens (tertiary/aromatic N) is 3. The first-order valence-corrected chi connectivity index (χ1v) is 8.12. The Kier molecular flexibility index (Phi) is 4.73. The van der Waals surface area contributed by atoms with Crippen LogP contribution in [0.1, 0.15) is 15.9 Å². The lowest BCUT2D eigenvalue weighted by molar-refractivity contribution is 0.102. The van der Waals surface area contributed by atoms with E-state index in [1.165, 1.54) is 0 Å². The maximum absolute atomic E-state index is 12.2. The Morgan fingerprint density at radius 1 is 1.13 bits per heavy atom. The Bertz CT molecular complexity index is 784. The molecule has 0 atom stereocenters. The second kappa shape index (κ2) is 7.11. The van der Waals surface area contributed by atoms with E-state index in [4.69, 9.17) is 0 Å². The van der Waals surface area contributed by atoms with Crippen molar-refractivity contribution in [3.8, 4) is 0 Å². The van der Waals surface area contributed by atoms with Crippen LogP contribution in [-0.2, 0) is 12.8 Å². The number of benzene rings is 1. The minimum absolute atomic E-state index is 0.164. The molecule has 116 valence electrons. The van der Waals surface area contributed by atoms with Crippen LogP contribution in [0.5, 0.6) is 0 Å². The number of pyridine rings is 1. The van der Waals surface area contributed by atoms with Crippen LogP contribution >= 0.6 is 11.8 Å². The summed E-state index contributed by atoms with van der Waals surface area (Å²) < 4.78 is 1.76. The molecule has 3 rings (SSSR count). The Labute approximate surface area is 138 Å². The molecule has 6 heteroatoms. The number of aromatic nitrogens is 3. The van der Waals surface area contributed by atoms with Crippen LogP contribution in [0.25, 0.3) is 0 Å². The van der Waals surface area contributed by atoms with Gasteiger partial charge in [-0.2, -0.15) is 0 Å². The molecule has 2 heterocycles. The summed E-state index contributed by atoms with van der Waals surface area (Å²) in [5, 5.41) is 3.77. The number of rotatable bonds is 5. The monoisotopic (exact) mass is 324 g/mol. The Morgan fingerprint density at radius 3 is 2.61 bits per heavy atom. The van der Waals surface area contributed by atoms with Gasteiger partial charge in [0.25, 0.3) is 5.91 Å². The van der Waals surface area contributed by atoms with Gasteiger partial charge in [0.05, 0.1) is 5.03 Å². The zero-order valence-electron chi connectivity index (χ0n) is 12.6. The second-order valence-corrected chi connectivity index (χ2v) is 5.97. The highest BCUT2D eigenvalue weighted by molar-refractivity contribution is 7.98. The molecule has 0 aliphatic carbocycles. The number of hydrogen-bond donors (Lipinski definition) is 1. The fourth-order valence-electron chi connectivity index (χ4n) is 2.00. The van der Waals surface area contributed by atoms with Crippen LogP contribution in [0.3, 0.4) is 0 Å². The topological polar surface area (TPSA) is 59.8 Å². The molecular formula is C17H16N4OS. The van der Waals surface area contributed by atoms with Crippen molar-refractivity contribution in [1.82, 2.24) is 14.5 Å². The van der Waals surface area contributed by atoms with Crippen molar-refractivity contribution in [3.05, 3.63) is 72.2 Å². The molecule has 23 heavy (non-hydrogen) atoms. The quantitative estimate of drug-likeness (QED) is 0.731. The molecule has 1 N–H and O–H groups in total. The average Bonchev–Trinajstić information content (AvgIpc) is 2.99. The highest BCUT2D eigenvalue weighted by Crippen LogP contribution is 2.20. The van der Waals surface area contributed by atoms with Gasteiger partial charge in [-0.25, -0.2) is 9.97 Å². The molecule has 0 aliphatic rings. The molecule has 0 fully saturated rings. The number of imidazole rings is 1. The second-order valence-electron chi connectivity index (χ2n) is 4.97. The summed E-state index contributed by atoms with van der Waals surface area (Å²) in [4.78, 5) is 20.5. The number of hydrogen-bond acceptors (Lipinski definition) is 4. The van der Waals surface area contributed by atoms with Crippen molar-refractivity contribution < 1.29 is 4.79 Å². The predicted molar refractivity (Wildman–Crippen MR) is 91.4 cm³/mol. The van der Waals surface area contributed by atoms with E-state index in [1.54, 1.807) is 34.9 Å². The van der Waals surface area contributed by atoms with Gasteiger partial charge in [0.2, 0.25) is 5.95 Å². The first-order valence-electron chi connectivity index (χ1n) is 7.14. The third-order valence-corrected chi connectivity index (χ3v) is 4.30. The van der Waals surface area contributed by atoms with E-state index >= 15 is 0 Å². The van der Waals surface area contributed by atoms with Gasteiger partial charge in [-0.05, 0) is 29.8 Å². The number of amides is 1. The van der Waals surface area contributed by atoms with Crippen molar-refractivity contribution in [1.29, 1.82) is 0 Å². The minimum Gasteiger partial charge on any atom is -0.320 e. The third kappa shape index (κ3) is 3.98. The lowest BCUT2D eigenvalue weighted by atomic mass is 10.1. The molecule has 0 spiro atoms. The van der Waals surface area contributed by atoms with E-state index in [0.717, 1.165) is 16.3 Å². The third-order valence-electron chi connectivity index (χ3n) is 3.29. The van der Waals surface area contributed by atoms with Gasteiger partial charge < -0.3 is 4.57 Å². The molecular weight excluding hydrogens is 308 g/mol. The summed E-state index contributed by atoms with van der Waals surface area (Å²) in [6, 6.07) is 13.4. The summed E-state index contributed by atoms with van der Waals surface area (Å²) in [6.45, 7) is 0. The minimum atomic E-state index is -0.164. The fourth-order valence-corrected chi connectivity index (χ4v) is 2.82. The van der Waals surface area contributed by atoms with Crippen LogP contribution < -0.4 is 5.32 Å². The lowest BCUT2D eigenvalue weighted by Gasteiger charge is -2.06. The highest BCUT2D eigenvalue weighted by atomic mass is 32.2. The summed E-state index contributed by atoms with van der Waals surface area (Å²) in [7, 11) is 1.83. The smallest absolute Gasteiger partial charge is 0.257 e. The van der Waals surface area contributed by atoms with Gasteiger partial charge in [-0.1, -0.05) is 18.2 Å². The van der Waals surface area contributed by atoms with Crippen LogP contribution in [0.2, 0.25) is 0 Å². The molecule has 3 aromatic rings. The maximum Gasteiger partial charge on any atom is 0.257 e. The van der Waals surface area contributed by atoms with Gasteiger partial charge in [-0.3, -0.25) is 10.1 Å². The molecule has 0 aliphatic heterocycles. The fraction of sp³-hybridized carbons (Fsp3) is 0.118. The molecule has 0 saturated heterocycles. The highest BCUT2D eigenvalue weighted by Gasteiger charge is 2.08. The number of thioether (sulfide) groups is 1. The number of carbonyl (C=O) groups excluding carboxylic acids is 1. The summed E-state index contributed by atoms with van der Waals surface area (Å²) in [5.41, 5.74) is 1.76. The zero-order chi connectivity index (χ0) is 16.1. The molecule has 0 saturated carbocycles. The number of aryl methyl sites for hydroxylation is 1. The lowest BCUT2D eigenvalue weighted by Crippen LogP contribution is -2.14. The van der Waals surface area contributed by atoms with E-state index in [2.05, 4.69) is 15.3 Å². The van der Waals surface area contributed by atoms with E-state index in [0.29, 0.717) is 11.5 Å². The van der Waals surface area contributed by atoms with Crippen LogP contribution in [-0.4, -0.2) is 20.4 Å². The molecule has 0 radical (unpaired) electrons. The number of nitrogens with one attached hydrogen (secondary N) is 1. The van der Waals surface area contributed by atoms with Gasteiger partial charge in [0, 0.05) is 37.0 Å². The Balaban J connectivity index is 1.60. The van der Waals surface area contributed by atoms with E-state index in [-0.39, 0.29) is 5.91 Å². The first kappa shape index (κ1) is 15.3. The largest absolute Gasteiger partial charge is 0.320 e. The van der Waals surface area contributed by atoms with Crippen molar-refractivity contribution in [2.24, 2.45) is 7.05 Å². The number of carbonyl (C=O) groups is 1. The van der Waals surface area contributed by atoms with Crippen molar-refractivity contribution in [3.63, 3.8) is 0 Å². The van der Waals surface area contributed by atoms with Gasteiger partial charge in [0.1, 0.15) is 0 Å². The van der Waals surface area contributed by atoms with Crippen LogP contribution in [0.15, 0.2) is 66.1 Å². The van der Waals surface area contributed by atoms with E-state index < -0.39 is 0 Å². The van der Waals surface area contributed by atoms with E-state index in [9.17, 15) is 4.79 Å². The van der Waals surface area contributed by atoms with Crippen LogP contribution in [0, 0.1) is 0 Å². The molecule has 0 unspecified atom stereocenters. The standard InChI is InChI=1S/C17H16N4OS/c1-21-11-10-19-17(21)20-16(22)14-7-5-13(6-8-14)12-23-15-4-2-3-9-18-15/h2-11H,12H2,1H3,(H,19,20,22). The SMILES string of the molecule is Cn1ccnc1NC(=O)c1ccc(CSc2ccccn2)cc1. The normalized spacial score (nSPS) is 10.5. The summed E-state index contributed by atoms with van der Waals surface area (Å²) in [6.07, 6.45) is 5.22. The molecule has 0 bridgehead atoms. The van der Waals surface area contributed by atoms with Gasteiger partial charge in [-0.15, -0.1) is 11.8 Å². The maximum atomic E-state index is 12.2. The van der Waals surface area contributed by atoms with Crippen LogP contribution in [0.4, 0.5) is 5.95 Å². The first-order chi connectivity index (χ1) is 11.2. The average molecular weight is 324 g/mol. The van der Waals surface area contributed by atoms with Crippen molar-refractivity contribution >= 4 is 23.6 Å². The van der Waals surface area contributed by atoms with Crippen molar-refractivity contribution in [2.75, 3.05) is 5.32 Å². The Morgan fingerprint density at radius 2 is 1.96 bits per heavy atom. The Hall–Kier alpha value is -2.60. The zero-order valence-corrected chi connectivity index (χ0v) is 13.5. The van der Waals surface area contributed by atoms with Gasteiger partial charge >= 0.3 is 0 Å². The molecule has 1 amide bonds. The summed E-state index contributed by atoms with van der Waals surface area (Å²) >= 11 is 1.67. The van der Waals surface area contributed by atoms with Crippen molar-refractivity contribution in [2.45, 2.75) is 10.8 Å². The van der Waals surface area contributed by atoms with Gasteiger partial charge in [0.15, 0.2) is 0 Å². The summed E-state index contributed by atoms with van der Waals surface area (Å²) in [5.74, 6) is 1.19. The molecule has 5 nitrogen and oxygen atoms in total. The predicted octanol–water partition coefficient (Wildman–Crippen LogP) is 3.36.